The van der Waals surface area contributed by atoms with Gasteiger partial charge in [0.1, 0.15) is 0 Å². The van der Waals surface area contributed by atoms with Crippen LogP contribution in [-0.2, 0) is 6.54 Å². The summed E-state index contributed by atoms with van der Waals surface area (Å²) in [7, 11) is 0. The minimum absolute atomic E-state index is 0.784. The summed E-state index contributed by atoms with van der Waals surface area (Å²) in [6.07, 6.45) is 6.70. The average Bonchev–Trinajstić information content (AvgIpc) is 2.73. The summed E-state index contributed by atoms with van der Waals surface area (Å²) < 4.78 is 2.23. The summed E-state index contributed by atoms with van der Waals surface area (Å²) in [6.45, 7) is 3.25. The van der Waals surface area contributed by atoms with Crippen molar-refractivity contribution >= 4 is 17.2 Å². The van der Waals surface area contributed by atoms with Crippen LogP contribution in [-0.4, -0.2) is 10.9 Å². The van der Waals surface area contributed by atoms with Crippen LogP contribution in [0.3, 0.4) is 0 Å². The monoisotopic (exact) mass is 215 g/mol. The minimum atomic E-state index is 0.784. The van der Waals surface area contributed by atoms with Crippen molar-refractivity contribution in [1.82, 2.24) is 4.57 Å². The van der Waals surface area contributed by atoms with Gasteiger partial charge in [-0.05, 0) is 18.6 Å². The fraction of sp³-hybridized carbons (Fsp3) is 0.357. The van der Waals surface area contributed by atoms with Crippen molar-refractivity contribution in [3.05, 3.63) is 36.0 Å². The van der Waals surface area contributed by atoms with Gasteiger partial charge in [-0.15, -0.1) is 0 Å². The summed E-state index contributed by atoms with van der Waals surface area (Å²) in [6, 6.07) is 7.92. The Labute approximate surface area is 95.9 Å². The predicted molar refractivity (Wildman–Crippen MR) is 66.9 cm³/mol. The van der Waals surface area contributed by atoms with Gasteiger partial charge in [0.2, 0.25) is 0 Å². The van der Waals surface area contributed by atoms with Crippen LogP contribution in [0.2, 0.25) is 0 Å². The SMILES string of the molecule is CCCCCn1ccc2c(C=O)cccc21. The number of hydrogen-bond acceptors (Lipinski definition) is 1. The lowest BCUT2D eigenvalue weighted by molar-refractivity contribution is 0.112. The number of hydrogen-bond donors (Lipinski definition) is 0. The van der Waals surface area contributed by atoms with Crippen LogP contribution < -0.4 is 0 Å². The maximum atomic E-state index is 10.9. The highest BCUT2D eigenvalue weighted by Gasteiger charge is 2.03. The molecule has 2 rings (SSSR count). The third-order valence-electron chi connectivity index (χ3n) is 2.98. The number of aryl methyl sites for hydroxylation is 1. The molecule has 0 aliphatic heterocycles. The molecule has 0 saturated carbocycles. The standard InChI is InChI=1S/C14H17NO/c1-2-3-4-9-15-10-8-13-12(11-16)6-5-7-14(13)15/h5-8,10-11H,2-4,9H2,1H3. The van der Waals surface area contributed by atoms with Gasteiger partial charge in [-0.3, -0.25) is 4.79 Å². The molecular weight excluding hydrogens is 198 g/mol. The van der Waals surface area contributed by atoms with E-state index >= 15 is 0 Å². The third-order valence-corrected chi connectivity index (χ3v) is 2.98. The molecule has 0 amide bonds. The van der Waals surface area contributed by atoms with Gasteiger partial charge >= 0.3 is 0 Å². The van der Waals surface area contributed by atoms with Crippen molar-refractivity contribution in [2.24, 2.45) is 0 Å². The first-order valence-electron chi connectivity index (χ1n) is 5.90. The van der Waals surface area contributed by atoms with Crippen LogP contribution in [0.5, 0.6) is 0 Å². The van der Waals surface area contributed by atoms with Crippen molar-refractivity contribution in [1.29, 1.82) is 0 Å². The molecule has 0 bridgehead atoms. The minimum Gasteiger partial charge on any atom is -0.347 e. The Bertz CT molecular complexity index is 484. The first kappa shape index (κ1) is 10.9. The lowest BCUT2D eigenvalue weighted by atomic mass is 10.1. The molecule has 0 aliphatic rings. The van der Waals surface area contributed by atoms with Gasteiger partial charge in [0.05, 0.1) is 0 Å². The Morgan fingerprint density at radius 2 is 2.12 bits per heavy atom. The molecule has 0 N–H and O–H groups in total. The van der Waals surface area contributed by atoms with Gasteiger partial charge in [-0.25, -0.2) is 0 Å². The van der Waals surface area contributed by atoms with Crippen molar-refractivity contribution < 1.29 is 4.79 Å². The fourth-order valence-corrected chi connectivity index (χ4v) is 2.08. The number of benzene rings is 1. The van der Waals surface area contributed by atoms with Crippen LogP contribution >= 0.6 is 0 Å². The van der Waals surface area contributed by atoms with Gasteiger partial charge in [0.25, 0.3) is 0 Å². The van der Waals surface area contributed by atoms with Crippen LogP contribution in [0.1, 0.15) is 36.5 Å². The maximum absolute atomic E-state index is 10.9. The van der Waals surface area contributed by atoms with E-state index in [2.05, 4.69) is 23.8 Å². The molecule has 2 aromatic rings. The summed E-state index contributed by atoms with van der Waals surface area (Å²) in [5.41, 5.74) is 1.95. The molecule has 1 aromatic carbocycles. The van der Waals surface area contributed by atoms with Gasteiger partial charge in [-0.2, -0.15) is 0 Å². The molecule has 0 atom stereocenters. The number of carbonyl (C=O) groups excluding carboxylic acids is 1. The lowest BCUT2D eigenvalue weighted by Crippen LogP contribution is -1.95. The first-order valence-corrected chi connectivity index (χ1v) is 5.90. The quantitative estimate of drug-likeness (QED) is 0.551. The Balaban J connectivity index is 2.30. The highest BCUT2D eigenvalue weighted by atomic mass is 16.1. The van der Waals surface area contributed by atoms with E-state index < -0.39 is 0 Å². The van der Waals surface area contributed by atoms with Gasteiger partial charge in [0.15, 0.2) is 6.29 Å². The molecule has 0 spiro atoms. The summed E-state index contributed by atoms with van der Waals surface area (Å²) >= 11 is 0. The van der Waals surface area contributed by atoms with E-state index in [0.29, 0.717) is 0 Å². The van der Waals surface area contributed by atoms with Crippen LogP contribution in [0.4, 0.5) is 0 Å². The molecule has 0 radical (unpaired) electrons. The number of carbonyl (C=O) groups is 1. The first-order chi connectivity index (χ1) is 7.86. The predicted octanol–water partition coefficient (Wildman–Crippen LogP) is 3.64. The Kier molecular flexibility index (Phi) is 3.40. The lowest BCUT2D eigenvalue weighted by Gasteiger charge is -2.04. The highest BCUT2D eigenvalue weighted by molar-refractivity contribution is 5.97. The van der Waals surface area contributed by atoms with Crippen molar-refractivity contribution in [3.8, 4) is 0 Å². The van der Waals surface area contributed by atoms with E-state index in [9.17, 15) is 4.79 Å². The normalized spacial score (nSPS) is 10.8. The highest BCUT2D eigenvalue weighted by Crippen LogP contribution is 2.19. The van der Waals surface area contributed by atoms with Crippen LogP contribution in [0, 0.1) is 0 Å². The molecule has 0 fully saturated rings. The Hall–Kier alpha value is -1.57. The van der Waals surface area contributed by atoms with Gasteiger partial charge < -0.3 is 4.57 Å². The zero-order valence-corrected chi connectivity index (χ0v) is 9.65. The number of aromatic nitrogens is 1. The van der Waals surface area contributed by atoms with Gasteiger partial charge in [0, 0.05) is 29.2 Å². The second-order valence-corrected chi connectivity index (χ2v) is 4.11. The van der Waals surface area contributed by atoms with Gasteiger partial charge in [-0.1, -0.05) is 31.9 Å². The number of rotatable bonds is 5. The van der Waals surface area contributed by atoms with Crippen molar-refractivity contribution in [2.75, 3.05) is 0 Å². The molecule has 1 aromatic heterocycles. The molecule has 16 heavy (non-hydrogen) atoms. The molecule has 84 valence electrons. The smallest absolute Gasteiger partial charge is 0.150 e. The van der Waals surface area contributed by atoms with E-state index in [1.807, 2.05) is 18.2 Å². The molecular formula is C14H17NO. The van der Waals surface area contributed by atoms with Crippen LogP contribution in [0.15, 0.2) is 30.5 Å². The molecule has 2 heteroatoms. The Morgan fingerprint density at radius 1 is 1.25 bits per heavy atom. The topological polar surface area (TPSA) is 22.0 Å². The number of aldehydes is 1. The molecule has 0 unspecified atom stereocenters. The summed E-state index contributed by atoms with van der Waals surface area (Å²) in [5.74, 6) is 0. The van der Waals surface area contributed by atoms with E-state index in [4.69, 9.17) is 0 Å². The largest absolute Gasteiger partial charge is 0.347 e. The zero-order chi connectivity index (χ0) is 11.4. The summed E-state index contributed by atoms with van der Waals surface area (Å²) in [4.78, 5) is 10.9. The second-order valence-electron chi connectivity index (χ2n) is 4.11. The summed E-state index contributed by atoms with van der Waals surface area (Å²) in [5, 5.41) is 1.06. The number of unbranched alkanes of at least 4 members (excludes halogenated alkanes) is 2. The number of nitrogens with zero attached hydrogens (tertiary/aromatic N) is 1. The number of fused-ring (bicyclic) bond motifs is 1. The van der Waals surface area contributed by atoms with E-state index in [1.54, 1.807) is 0 Å². The third kappa shape index (κ3) is 2.01. The molecule has 1 heterocycles. The maximum Gasteiger partial charge on any atom is 0.150 e. The fourth-order valence-electron chi connectivity index (χ4n) is 2.08. The van der Waals surface area contributed by atoms with E-state index in [0.717, 1.165) is 23.8 Å². The van der Waals surface area contributed by atoms with E-state index in [1.165, 1.54) is 24.8 Å². The molecule has 0 saturated heterocycles. The van der Waals surface area contributed by atoms with E-state index in [-0.39, 0.29) is 0 Å². The van der Waals surface area contributed by atoms with Crippen molar-refractivity contribution in [3.63, 3.8) is 0 Å². The zero-order valence-electron chi connectivity index (χ0n) is 9.65. The Morgan fingerprint density at radius 3 is 2.88 bits per heavy atom. The molecule has 0 aliphatic carbocycles. The van der Waals surface area contributed by atoms with Crippen LogP contribution in [0.25, 0.3) is 10.9 Å². The van der Waals surface area contributed by atoms with Crippen molar-refractivity contribution in [2.45, 2.75) is 32.7 Å². The second kappa shape index (κ2) is 4.97. The molecule has 2 nitrogen and oxygen atoms in total. The average molecular weight is 215 g/mol.